The van der Waals surface area contributed by atoms with E-state index in [1.165, 1.54) is 0 Å². The molecule has 0 fully saturated rings. The average molecular weight is 318 g/mol. The van der Waals surface area contributed by atoms with Crippen LogP contribution in [0.25, 0.3) is 0 Å². The van der Waals surface area contributed by atoms with Crippen LogP contribution in [-0.2, 0) is 24.0 Å². The second-order valence-corrected chi connectivity index (χ2v) is 4.97. The van der Waals surface area contributed by atoms with Gasteiger partial charge in [-0.3, -0.25) is 24.0 Å². The van der Waals surface area contributed by atoms with E-state index >= 15 is 0 Å². The van der Waals surface area contributed by atoms with Crippen LogP contribution < -0.4 is 0 Å². The Hall–Kier alpha value is -1.81. The van der Waals surface area contributed by atoms with Crippen molar-refractivity contribution in [3.8, 4) is 0 Å². The van der Waals surface area contributed by atoms with E-state index in [4.69, 9.17) is 0 Å². The van der Waals surface area contributed by atoms with Gasteiger partial charge in [-0.2, -0.15) is 0 Å². The number of aliphatic hydroxyl groups excluding tert-OH is 2. The lowest BCUT2D eigenvalue weighted by molar-refractivity contribution is -0.194. The maximum absolute atomic E-state index is 12.1. The van der Waals surface area contributed by atoms with Gasteiger partial charge in [-0.1, -0.05) is 0 Å². The van der Waals surface area contributed by atoms with Crippen LogP contribution in [0.3, 0.4) is 0 Å². The molecule has 124 valence electrons. The predicted octanol–water partition coefficient (Wildman–Crippen LogP) is -2.90. The van der Waals surface area contributed by atoms with E-state index in [2.05, 4.69) is 0 Å². The van der Waals surface area contributed by atoms with Crippen molar-refractivity contribution in [3.05, 3.63) is 0 Å². The Kier molecular flexibility index (Phi) is 5.99. The van der Waals surface area contributed by atoms with Crippen LogP contribution in [0.5, 0.6) is 0 Å². The fraction of sp³-hybridized carbons (Fsp3) is 0.615. The fourth-order valence-corrected chi connectivity index (χ4v) is 1.87. The molecule has 0 bridgehead atoms. The molecule has 0 saturated heterocycles. The van der Waals surface area contributed by atoms with Gasteiger partial charge in [-0.05, 0) is 20.8 Å². The number of Topliss-reactive ketones (excluding diaryl/α,β-unsaturated/α-hetero) is 5. The molecule has 0 saturated carbocycles. The summed E-state index contributed by atoms with van der Waals surface area (Å²) in [4.78, 5) is 58.4. The molecule has 0 heterocycles. The SMILES string of the molecule is CC(=O)C(=O)[C@@](O)(C(C)=O)[C@@](O)(C(C)=O)C(=O)C(O)C(C)O. The monoisotopic (exact) mass is 318 g/mol. The molecule has 0 spiro atoms. The number of hydrogen-bond donors (Lipinski definition) is 4. The number of hydrogen-bond acceptors (Lipinski definition) is 9. The topological polar surface area (TPSA) is 166 Å². The maximum Gasteiger partial charge on any atom is 0.241 e. The lowest BCUT2D eigenvalue weighted by Gasteiger charge is -2.38. The van der Waals surface area contributed by atoms with Gasteiger partial charge in [-0.25, -0.2) is 0 Å². The van der Waals surface area contributed by atoms with E-state index in [9.17, 15) is 44.4 Å². The Morgan fingerprint density at radius 3 is 1.41 bits per heavy atom. The lowest BCUT2D eigenvalue weighted by Crippen LogP contribution is -2.73. The first-order chi connectivity index (χ1) is 9.76. The normalized spacial score (nSPS) is 19.3. The molecule has 0 rings (SSSR count). The molecular formula is C13H18O9. The highest BCUT2D eigenvalue weighted by molar-refractivity contribution is 6.46. The van der Waals surface area contributed by atoms with Gasteiger partial charge in [-0.15, -0.1) is 0 Å². The highest BCUT2D eigenvalue weighted by atomic mass is 16.4. The lowest BCUT2D eigenvalue weighted by atomic mass is 9.69. The number of aliphatic hydroxyl groups is 4. The minimum Gasteiger partial charge on any atom is -0.390 e. The average Bonchev–Trinajstić information content (AvgIpc) is 2.41. The largest absolute Gasteiger partial charge is 0.390 e. The second kappa shape index (κ2) is 6.53. The first kappa shape index (κ1) is 20.2. The van der Waals surface area contributed by atoms with Crippen LogP contribution in [0, 0.1) is 0 Å². The molecule has 0 aliphatic carbocycles. The van der Waals surface area contributed by atoms with Gasteiger partial charge in [0, 0.05) is 6.92 Å². The molecule has 0 aliphatic rings. The Labute approximate surface area is 125 Å². The van der Waals surface area contributed by atoms with Crippen molar-refractivity contribution in [2.45, 2.75) is 51.1 Å². The number of rotatable bonds is 8. The third kappa shape index (κ3) is 2.88. The van der Waals surface area contributed by atoms with Crippen molar-refractivity contribution in [2.24, 2.45) is 0 Å². The molecule has 0 aromatic heterocycles. The number of carbonyl (C=O) groups excluding carboxylic acids is 5. The van der Waals surface area contributed by atoms with E-state index in [1.54, 1.807) is 0 Å². The molecule has 0 amide bonds. The standard InChI is InChI=1S/C13H18O9/c1-5(14)9(18)11(20)13(22,8(4)17)12(21,7(3)16)10(19)6(2)15/h5,9,14,18,21-22H,1-4H3/t5?,9?,12-,13+/m0/s1. The fourth-order valence-electron chi connectivity index (χ4n) is 1.87. The van der Waals surface area contributed by atoms with E-state index < -0.39 is 52.3 Å². The van der Waals surface area contributed by atoms with Crippen molar-refractivity contribution < 1.29 is 44.4 Å². The molecule has 9 nitrogen and oxygen atoms in total. The minimum absolute atomic E-state index is 0.577. The van der Waals surface area contributed by atoms with Crippen LogP contribution in [0.2, 0.25) is 0 Å². The van der Waals surface area contributed by atoms with Crippen molar-refractivity contribution in [1.82, 2.24) is 0 Å². The smallest absolute Gasteiger partial charge is 0.241 e. The van der Waals surface area contributed by atoms with Gasteiger partial charge in [0.05, 0.1) is 6.10 Å². The molecule has 4 N–H and O–H groups in total. The Morgan fingerprint density at radius 2 is 1.18 bits per heavy atom. The summed E-state index contributed by atoms with van der Waals surface area (Å²) < 4.78 is 0. The van der Waals surface area contributed by atoms with Crippen LogP contribution in [0.15, 0.2) is 0 Å². The van der Waals surface area contributed by atoms with Crippen molar-refractivity contribution >= 4 is 28.9 Å². The highest BCUT2D eigenvalue weighted by Gasteiger charge is 2.67. The summed E-state index contributed by atoms with van der Waals surface area (Å²) in [5, 5.41) is 39.2. The first-order valence-electron chi connectivity index (χ1n) is 6.18. The van der Waals surface area contributed by atoms with Crippen LogP contribution >= 0.6 is 0 Å². The van der Waals surface area contributed by atoms with Gasteiger partial charge in [0.15, 0.2) is 17.3 Å². The third-order valence-electron chi connectivity index (χ3n) is 3.27. The molecule has 2 unspecified atom stereocenters. The second-order valence-electron chi connectivity index (χ2n) is 4.97. The Morgan fingerprint density at radius 1 is 0.818 bits per heavy atom. The summed E-state index contributed by atoms with van der Waals surface area (Å²) in [7, 11) is 0. The molecule has 4 atom stereocenters. The molecule has 9 heteroatoms. The zero-order valence-corrected chi connectivity index (χ0v) is 12.5. The third-order valence-corrected chi connectivity index (χ3v) is 3.27. The van der Waals surface area contributed by atoms with Crippen LogP contribution in [-0.4, -0.2) is 72.8 Å². The summed E-state index contributed by atoms with van der Waals surface area (Å²) in [6, 6.07) is 0. The Balaban J connectivity index is 6.49. The molecule has 22 heavy (non-hydrogen) atoms. The molecule has 0 aromatic carbocycles. The van der Waals surface area contributed by atoms with Crippen molar-refractivity contribution in [1.29, 1.82) is 0 Å². The van der Waals surface area contributed by atoms with Gasteiger partial charge in [0.25, 0.3) is 0 Å². The zero-order valence-electron chi connectivity index (χ0n) is 12.5. The van der Waals surface area contributed by atoms with Crippen LogP contribution in [0.1, 0.15) is 27.7 Å². The summed E-state index contributed by atoms with van der Waals surface area (Å²) >= 11 is 0. The summed E-state index contributed by atoms with van der Waals surface area (Å²) in [6.07, 6.45) is -4.15. The number of carbonyl (C=O) groups is 5. The zero-order chi connectivity index (χ0) is 18.0. The van der Waals surface area contributed by atoms with E-state index in [0.29, 0.717) is 20.8 Å². The van der Waals surface area contributed by atoms with E-state index in [0.717, 1.165) is 6.92 Å². The summed E-state index contributed by atoms with van der Waals surface area (Å²) in [6.45, 7) is 2.75. The van der Waals surface area contributed by atoms with Crippen LogP contribution in [0.4, 0.5) is 0 Å². The van der Waals surface area contributed by atoms with Crippen molar-refractivity contribution in [3.63, 3.8) is 0 Å². The molecule has 0 aliphatic heterocycles. The minimum atomic E-state index is -3.71. The quantitative estimate of drug-likeness (QED) is 0.271. The van der Waals surface area contributed by atoms with Crippen molar-refractivity contribution in [2.75, 3.05) is 0 Å². The highest BCUT2D eigenvalue weighted by Crippen LogP contribution is 2.29. The molecular weight excluding hydrogens is 300 g/mol. The molecule has 0 aromatic rings. The van der Waals surface area contributed by atoms with E-state index in [-0.39, 0.29) is 0 Å². The van der Waals surface area contributed by atoms with Gasteiger partial charge < -0.3 is 20.4 Å². The molecule has 0 radical (unpaired) electrons. The van der Waals surface area contributed by atoms with Gasteiger partial charge in [0.2, 0.25) is 22.8 Å². The first-order valence-corrected chi connectivity index (χ1v) is 6.18. The number of ketones is 5. The summed E-state index contributed by atoms with van der Waals surface area (Å²) in [5.41, 5.74) is -7.41. The van der Waals surface area contributed by atoms with Gasteiger partial charge >= 0.3 is 0 Å². The summed E-state index contributed by atoms with van der Waals surface area (Å²) in [5.74, 6) is -8.25. The predicted molar refractivity (Wildman–Crippen MR) is 69.6 cm³/mol. The van der Waals surface area contributed by atoms with E-state index in [1.807, 2.05) is 0 Å². The Bertz CT molecular complexity index is 536. The maximum atomic E-state index is 12.1. The van der Waals surface area contributed by atoms with Gasteiger partial charge in [0.1, 0.15) is 6.10 Å².